The van der Waals surface area contributed by atoms with Crippen molar-refractivity contribution in [3.63, 3.8) is 0 Å². The van der Waals surface area contributed by atoms with Crippen LogP contribution in [0.1, 0.15) is 47.2 Å². The largest absolute Gasteiger partial charge is 0.135 e. The molecule has 6 aromatic carbocycles. The lowest BCUT2D eigenvalue weighted by molar-refractivity contribution is 0.660. The molecule has 2 heteroatoms. The van der Waals surface area contributed by atoms with E-state index in [1.54, 1.807) is 0 Å². The zero-order chi connectivity index (χ0) is 30.1. The van der Waals surface area contributed by atoms with Crippen LogP contribution in [0.5, 0.6) is 0 Å². The molecule has 2 heterocycles. The first-order valence-electron chi connectivity index (χ1n) is 15.5. The highest BCUT2D eigenvalue weighted by atomic mass is 32.1. The SMILES string of the molecule is CC1(C)c2cc(C=Cc3ccc4sc5ccccc5c4c3)ccc2-c2ccc(C=Cc3ccc4sc5ccccc5c4c3)cc21. The molecule has 0 fully saturated rings. The van der Waals surface area contributed by atoms with Gasteiger partial charge >= 0.3 is 0 Å². The van der Waals surface area contributed by atoms with E-state index in [2.05, 4.69) is 159 Å². The number of hydrogen-bond donors (Lipinski definition) is 0. The Balaban J connectivity index is 1.00. The van der Waals surface area contributed by atoms with Gasteiger partial charge in [0.05, 0.1) is 0 Å². The summed E-state index contributed by atoms with van der Waals surface area (Å²) in [6.45, 7) is 4.73. The Morgan fingerprint density at radius 2 is 0.778 bits per heavy atom. The molecule has 45 heavy (non-hydrogen) atoms. The van der Waals surface area contributed by atoms with Crippen molar-refractivity contribution in [1.29, 1.82) is 0 Å². The average molecular weight is 611 g/mol. The lowest BCUT2D eigenvalue weighted by Gasteiger charge is -2.22. The molecule has 0 atom stereocenters. The summed E-state index contributed by atoms with van der Waals surface area (Å²) >= 11 is 3.74. The minimum atomic E-state index is -0.0681. The molecule has 2 aromatic heterocycles. The van der Waals surface area contributed by atoms with Crippen LogP contribution in [0.3, 0.4) is 0 Å². The van der Waals surface area contributed by atoms with Crippen LogP contribution in [0.25, 0.3) is 75.8 Å². The first-order valence-corrected chi connectivity index (χ1v) is 17.1. The molecule has 0 amide bonds. The predicted octanol–water partition coefficient (Wildman–Crippen LogP) is 13.1. The summed E-state index contributed by atoms with van der Waals surface area (Å²) in [5.41, 5.74) is 10.4. The van der Waals surface area contributed by atoms with Crippen LogP contribution >= 0.6 is 22.7 Å². The van der Waals surface area contributed by atoms with Crippen LogP contribution < -0.4 is 0 Å². The van der Waals surface area contributed by atoms with Crippen molar-refractivity contribution in [2.24, 2.45) is 0 Å². The lowest BCUT2D eigenvalue weighted by atomic mass is 9.81. The minimum absolute atomic E-state index is 0.0681. The molecule has 0 saturated carbocycles. The molecule has 9 rings (SSSR count). The summed E-state index contributed by atoms with van der Waals surface area (Å²) in [6.07, 6.45) is 9.03. The Morgan fingerprint density at radius 1 is 0.400 bits per heavy atom. The quantitative estimate of drug-likeness (QED) is 0.174. The van der Waals surface area contributed by atoms with E-state index < -0.39 is 0 Å². The Labute approximate surface area is 271 Å². The van der Waals surface area contributed by atoms with Crippen molar-refractivity contribution in [2.75, 3.05) is 0 Å². The fraction of sp³-hybridized carbons (Fsp3) is 0.0698. The first-order chi connectivity index (χ1) is 22.0. The molecule has 1 aliphatic carbocycles. The molecule has 0 aliphatic heterocycles. The van der Waals surface area contributed by atoms with Gasteiger partial charge in [0.15, 0.2) is 0 Å². The second-order valence-corrected chi connectivity index (χ2v) is 14.8. The van der Waals surface area contributed by atoms with Crippen LogP contribution in [-0.4, -0.2) is 0 Å². The molecule has 0 N–H and O–H groups in total. The highest BCUT2D eigenvalue weighted by Gasteiger charge is 2.35. The van der Waals surface area contributed by atoms with Crippen molar-refractivity contribution in [1.82, 2.24) is 0 Å². The molecule has 0 unspecified atom stereocenters. The summed E-state index contributed by atoms with van der Waals surface area (Å²) < 4.78 is 5.39. The smallest absolute Gasteiger partial charge is 0.0355 e. The fourth-order valence-electron chi connectivity index (χ4n) is 7.06. The van der Waals surface area contributed by atoms with E-state index in [9.17, 15) is 0 Å². The second-order valence-electron chi connectivity index (χ2n) is 12.6. The van der Waals surface area contributed by atoms with Crippen LogP contribution in [0.2, 0.25) is 0 Å². The lowest BCUT2D eigenvalue weighted by Crippen LogP contribution is -2.15. The highest BCUT2D eigenvalue weighted by molar-refractivity contribution is 7.26. The Hall–Kier alpha value is -4.76. The van der Waals surface area contributed by atoms with Crippen molar-refractivity contribution < 1.29 is 0 Å². The maximum absolute atomic E-state index is 2.39. The molecule has 214 valence electrons. The summed E-state index contributed by atoms with van der Waals surface area (Å²) in [5, 5.41) is 5.37. The monoisotopic (exact) mass is 610 g/mol. The van der Waals surface area contributed by atoms with E-state index in [0.29, 0.717) is 0 Å². The fourth-order valence-corrected chi connectivity index (χ4v) is 9.23. The summed E-state index contributed by atoms with van der Waals surface area (Å²) in [5.74, 6) is 0. The van der Waals surface area contributed by atoms with Gasteiger partial charge < -0.3 is 0 Å². The van der Waals surface area contributed by atoms with Crippen molar-refractivity contribution >= 4 is 87.3 Å². The number of hydrogen-bond acceptors (Lipinski definition) is 2. The third-order valence-corrected chi connectivity index (χ3v) is 11.8. The van der Waals surface area contributed by atoms with Crippen molar-refractivity contribution in [3.05, 3.63) is 155 Å². The van der Waals surface area contributed by atoms with Gasteiger partial charge in [-0.3, -0.25) is 0 Å². The van der Waals surface area contributed by atoms with Gasteiger partial charge in [-0.15, -0.1) is 22.7 Å². The third kappa shape index (κ3) is 4.40. The first kappa shape index (κ1) is 26.6. The van der Waals surface area contributed by atoms with Crippen molar-refractivity contribution in [2.45, 2.75) is 19.3 Å². The second kappa shape index (κ2) is 10.1. The number of fused-ring (bicyclic) bond motifs is 9. The van der Waals surface area contributed by atoms with Crippen LogP contribution in [0.4, 0.5) is 0 Å². The van der Waals surface area contributed by atoms with Crippen LogP contribution in [0, 0.1) is 0 Å². The topological polar surface area (TPSA) is 0 Å². The molecule has 0 radical (unpaired) electrons. The molecular weight excluding hydrogens is 581 g/mol. The van der Waals surface area contributed by atoms with E-state index in [1.165, 1.54) is 84.9 Å². The third-order valence-electron chi connectivity index (χ3n) is 9.46. The Morgan fingerprint density at radius 3 is 1.24 bits per heavy atom. The van der Waals surface area contributed by atoms with Gasteiger partial charge in [0.2, 0.25) is 0 Å². The standard InChI is InChI=1S/C43H30S2/c1-43(2)37-25-29(13-11-27-17-21-41-35(23-27)33-7-3-5-9-39(33)44-41)15-19-31(37)32-20-16-30(26-38(32)43)14-12-28-18-22-42-36(24-28)34-8-4-6-10-40(34)45-42/h3-26H,1-2H3. The molecular formula is C43H30S2. The van der Waals surface area contributed by atoms with Gasteiger partial charge in [-0.2, -0.15) is 0 Å². The summed E-state index contributed by atoms with van der Waals surface area (Å²) in [7, 11) is 0. The van der Waals surface area contributed by atoms with Gasteiger partial charge in [0, 0.05) is 45.8 Å². The van der Waals surface area contributed by atoms with Crippen molar-refractivity contribution in [3.8, 4) is 11.1 Å². The zero-order valence-electron chi connectivity index (χ0n) is 25.2. The summed E-state index contributed by atoms with van der Waals surface area (Å²) in [6, 6.07) is 45.0. The van der Waals surface area contributed by atoms with E-state index >= 15 is 0 Å². The van der Waals surface area contributed by atoms with E-state index in [0.717, 1.165) is 0 Å². The van der Waals surface area contributed by atoms with Gasteiger partial charge in [-0.05, 0) is 80.9 Å². The maximum Gasteiger partial charge on any atom is 0.0355 e. The maximum atomic E-state index is 2.39. The molecule has 0 spiro atoms. The minimum Gasteiger partial charge on any atom is -0.135 e. The number of thiophene rings is 2. The normalized spacial score (nSPS) is 14.0. The zero-order valence-corrected chi connectivity index (χ0v) is 26.8. The Kier molecular flexibility index (Phi) is 6.00. The molecule has 0 nitrogen and oxygen atoms in total. The summed E-state index contributed by atoms with van der Waals surface area (Å²) in [4.78, 5) is 0. The Bertz CT molecular complexity index is 2340. The molecule has 8 aromatic rings. The van der Waals surface area contributed by atoms with Gasteiger partial charge in [0.25, 0.3) is 0 Å². The highest BCUT2D eigenvalue weighted by Crippen LogP contribution is 2.49. The molecule has 0 bridgehead atoms. The van der Waals surface area contributed by atoms with Crippen LogP contribution in [0.15, 0.2) is 121 Å². The van der Waals surface area contributed by atoms with E-state index in [1.807, 2.05) is 22.7 Å². The van der Waals surface area contributed by atoms with Gasteiger partial charge in [0.1, 0.15) is 0 Å². The van der Waals surface area contributed by atoms with E-state index in [4.69, 9.17) is 0 Å². The van der Waals surface area contributed by atoms with E-state index in [-0.39, 0.29) is 5.41 Å². The van der Waals surface area contributed by atoms with Crippen LogP contribution in [-0.2, 0) is 5.41 Å². The molecule has 1 aliphatic rings. The molecule has 0 saturated heterocycles. The number of rotatable bonds is 4. The number of benzene rings is 6. The van der Waals surface area contributed by atoms with Gasteiger partial charge in [-0.1, -0.05) is 123 Å². The van der Waals surface area contributed by atoms with Gasteiger partial charge in [-0.25, -0.2) is 0 Å². The average Bonchev–Trinajstić information content (AvgIpc) is 3.70. The predicted molar refractivity (Wildman–Crippen MR) is 201 cm³/mol.